The molecule has 9 heteroatoms. The minimum Gasteiger partial charge on any atom is -0.378 e. The number of benzene rings is 1. The van der Waals surface area contributed by atoms with E-state index in [2.05, 4.69) is 15.6 Å². The Morgan fingerprint density at radius 2 is 2.04 bits per heavy atom. The maximum Gasteiger partial charge on any atom is 0.271 e. The fraction of sp³-hybridized carbons (Fsp3) is 0.312. The first-order valence-electron chi connectivity index (χ1n) is 7.74. The maximum atomic E-state index is 12.1. The van der Waals surface area contributed by atoms with E-state index in [1.54, 1.807) is 16.3 Å². The molecule has 3 rings (SSSR count). The molecule has 2 amide bonds. The number of rotatable bonds is 5. The summed E-state index contributed by atoms with van der Waals surface area (Å²) in [5, 5.41) is 8.43. The van der Waals surface area contributed by atoms with Crippen LogP contribution in [-0.4, -0.2) is 54.5 Å². The molecule has 1 fully saturated rings. The number of halogens is 1. The first-order chi connectivity index (χ1) is 12.1. The Hall–Kier alpha value is -2.16. The van der Waals surface area contributed by atoms with E-state index < -0.39 is 0 Å². The largest absolute Gasteiger partial charge is 0.378 e. The first kappa shape index (κ1) is 17.7. The molecule has 1 aromatic heterocycles. The Labute approximate surface area is 153 Å². The molecule has 0 saturated carbocycles. The van der Waals surface area contributed by atoms with E-state index in [0.29, 0.717) is 42.1 Å². The van der Waals surface area contributed by atoms with Crippen LogP contribution in [0.2, 0.25) is 5.02 Å². The predicted molar refractivity (Wildman–Crippen MR) is 96.6 cm³/mol. The molecule has 1 aliphatic heterocycles. The summed E-state index contributed by atoms with van der Waals surface area (Å²) in [5.41, 5.74) is 0.974. The highest BCUT2D eigenvalue weighted by Gasteiger charge is 2.18. The Bertz CT molecular complexity index is 761. The van der Waals surface area contributed by atoms with E-state index in [0.717, 1.165) is 0 Å². The summed E-state index contributed by atoms with van der Waals surface area (Å²) >= 11 is 7.38. The summed E-state index contributed by atoms with van der Waals surface area (Å²) in [6.07, 6.45) is 0. The topological polar surface area (TPSA) is 83.6 Å². The Balaban J connectivity index is 1.53. The number of nitrogens with zero attached hydrogens (tertiary/aromatic N) is 2. The molecule has 25 heavy (non-hydrogen) atoms. The van der Waals surface area contributed by atoms with Crippen molar-refractivity contribution in [2.75, 3.05) is 38.2 Å². The minimum atomic E-state index is -0.384. The monoisotopic (exact) mass is 380 g/mol. The summed E-state index contributed by atoms with van der Waals surface area (Å²) in [5.74, 6) is -0.508. The van der Waals surface area contributed by atoms with Crippen molar-refractivity contribution in [1.29, 1.82) is 0 Å². The molecule has 0 aliphatic carbocycles. The van der Waals surface area contributed by atoms with Crippen LogP contribution < -0.4 is 10.6 Å². The molecule has 0 spiro atoms. The standard InChI is InChI=1S/C16H17ClN4O3S/c17-11-3-1-2-4-12(11)19-16-20-13(10-25-16)15(23)18-9-14(22)21-5-7-24-8-6-21/h1-4,10H,5-9H2,(H,18,23)(H,19,20). The van der Waals surface area contributed by atoms with Gasteiger partial charge in [-0.2, -0.15) is 0 Å². The third-order valence-corrected chi connectivity index (χ3v) is 4.70. The number of hydrogen-bond donors (Lipinski definition) is 2. The van der Waals surface area contributed by atoms with E-state index in [1.165, 1.54) is 11.3 Å². The molecule has 0 atom stereocenters. The number of ether oxygens (including phenoxy) is 1. The van der Waals surface area contributed by atoms with Crippen molar-refractivity contribution in [3.05, 3.63) is 40.4 Å². The lowest BCUT2D eigenvalue weighted by atomic mass is 10.3. The number of morpholine rings is 1. The fourth-order valence-corrected chi connectivity index (χ4v) is 3.17. The number of thiazole rings is 1. The highest BCUT2D eigenvalue weighted by atomic mass is 35.5. The molecular weight excluding hydrogens is 364 g/mol. The quantitative estimate of drug-likeness (QED) is 0.830. The predicted octanol–water partition coefficient (Wildman–Crippen LogP) is 2.13. The highest BCUT2D eigenvalue weighted by Crippen LogP contribution is 2.26. The Kier molecular flexibility index (Phi) is 5.85. The average molecular weight is 381 g/mol. The second-order valence-corrected chi connectivity index (χ2v) is 6.58. The van der Waals surface area contributed by atoms with Crippen molar-refractivity contribution >= 4 is 45.6 Å². The van der Waals surface area contributed by atoms with Crippen molar-refractivity contribution in [1.82, 2.24) is 15.2 Å². The van der Waals surface area contributed by atoms with Gasteiger partial charge >= 0.3 is 0 Å². The van der Waals surface area contributed by atoms with Crippen LogP contribution in [-0.2, 0) is 9.53 Å². The van der Waals surface area contributed by atoms with Gasteiger partial charge in [0.2, 0.25) is 5.91 Å². The van der Waals surface area contributed by atoms with Gasteiger partial charge in [0.15, 0.2) is 5.13 Å². The lowest BCUT2D eigenvalue weighted by molar-refractivity contribution is -0.134. The van der Waals surface area contributed by atoms with Crippen molar-refractivity contribution in [3.8, 4) is 0 Å². The van der Waals surface area contributed by atoms with E-state index in [-0.39, 0.29) is 24.1 Å². The van der Waals surface area contributed by atoms with Gasteiger partial charge in [0.25, 0.3) is 5.91 Å². The molecule has 1 aromatic carbocycles. The Morgan fingerprint density at radius 1 is 1.28 bits per heavy atom. The van der Waals surface area contributed by atoms with Crippen molar-refractivity contribution in [2.45, 2.75) is 0 Å². The van der Waals surface area contributed by atoms with Gasteiger partial charge in [0, 0.05) is 18.5 Å². The molecule has 1 aliphatic rings. The van der Waals surface area contributed by atoms with Crippen LogP contribution in [0.1, 0.15) is 10.5 Å². The highest BCUT2D eigenvalue weighted by molar-refractivity contribution is 7.14. The number of nitrogens with one attached hydrogen (secondary N) is 2. The van der Waals surface area contributed by atoms with Crippen LogP contribution in [0.15, 0.2) is 29.6 Å². The number of hydrogen-bond acceptors (Lipinski definition) is 6. The number of anilines is 2. The normalized spacial score (nSPS) is 14.2. The van der Waals surface area contributed by atoms with E-state index in [9.17, 15) is 9.59 Å². The summed E-state index contributed by atoms with van der Waals surface area (Å²) in [6.45, 7) is 2.12. The second kappa shape index (κ2) is 8.28. The van der Waals surface area contributed by atoms with Crippen LogP contribution >= 0.6 is 22.9 Å². The summed E-state index contributed by atoms with van der Waals surface area (Å²) in [4.78, 5) is 30.1. The van der Waals surface area contributed by atoms with Gasteiger partial charge < -0.3 is 20.3 Å². The molecular formula is C16H17ClN4O3S. The molecule has 132 valence electrons. The molecule has 0 radical (unpaired) electrons. The zero-order valence-corrected chi connectivity index (χ0v) is 14.9. The number of amides is 2. The van der Waals surface area contributed by atoms with Crippen LogP contribution in [0.3, 0.4) is 0 Å². The van der Waals surface area contributed by atoms with Crippen LogP contribution in [0.4, 0.5) is 10.8 Å². The fourth-order valence-electron chi connectivity index (χ4n) is 2.28. The third kappa shape index (κ3) is 4.68. The van der Waals surface area contributed by atoms with Gasteiger partial charge in [-0.1, -0.05) is 23.7 Å². The third-order valence-electron chi connectivity index (χ3n) is 3.62. The van der Waals surface area contributed by atoms with Gasteiger partial charge in [0.1, 0.15) is 5.69 Å². The number of para-hydroxylation sites is 1. The Morgan fingerprint density at radius 3 is 2.80 bits per heavy atom. The van der Waals surface area contributed by atoms with E-state index in [1.807, 2.05) is 18.2 Å². The van der Waals surface area contributed by atoms with Gasteiger partial charge in [-0.15, -0.1) is 11.3 Å². The van der Waals surface area contributed by atoms with Crippen molar-refractivity contribution in [3.63, 3.8) is 0 Å². The summed E-state index contributed by atoms with van der Waals surface area (Å²) in [7, 11) is 0. The zero-order chi connectivity index (χ0) is 17.6. The maximum absolute atomic E-state index is 12.1. The van der Waals surface area contributed by atoms with E-state index >= 15 is 0 Å². The van der Waals surface area contributed by atoms with Gasteiger partial charge in [0.05, 0.1) is 30.5 Å². The molecule has 0 unspecified atom stereocenters. The second-order valence-electron chi connectivity index (χ2n) is 5.32. The smallest absolute Gasteiger partial charge is 0.271 e. The molecule has 0 bridgehead atoms. The lowest BCUT2D eigenvalue weighted by Crippen LogP contribution is -2.45. The van der Waals surface area contributed by atoms with Gasteiger partial charge in [-0.3, -0.25) is 9.59 Å². The number of carbonyl (C=O) groups excluding carboxylic acids is 2. The number of carbonyl (C=O) groups is 2. The molecule has 2 heterocycles. The molecule has 7 nitrogen and oxygen atoms in total. The van der Waals surface area contributed by atoms with E-state index in [4.69, 9.17) is 16.3 Å². The zero-order valence-electron chi connectivity index (χ0n) is 13.3. The van der Waals surface area contributed by atoms with Crippen molar-refractivity contribution < 1.29 is 14.3 Å². The lowest BCUT2D eigenvalue weighted by Gasteiger charge is -2.26. The molecule has 2 N–H and O–H groups in total. The average Bonchev–Trinajstić information content (AvgIpc) is 3.11. The first-order valence-corrected chi connectivity index (χ1v) is 9.00. The van der Waals surface area contributed by atoms with Crippen LogP contribution in [0.5, 0.6) is 0 Å². The number of aromatic nitrogens is 1. The summed E-state index contributed by atoms with van der Waals surface area (Å²) in [6, 6.07) is 7.28. The van der Waals surface area contributed by atoms with Crippen molar-refractivity contribution in [2.24, 2.45) is 0 Å². The molecule has 2 aromatic rings. The molecule has 1 saturated heterocycles. The van der Waals surface area contributed by atoms with Gasteiger partial charge in [-0.25, -0.2) is 4.98 Å². The minimum absolute atomic E-state index is 0.0519. The van der Waals surface area contributed by atoms with Crippen LogP contribution in [0.25, 0.3) is 0 Å². The summed E-state index contributed by atoms with van der Waals surface area (Å²) < 4.78 is 5.20. The van der Waals surface area contributed by atoms with Gasteiger partial charge in [-0.05, 0) is 12.1 Å². The SMILES string of the molecule is O=C(NCC(=O)N1CCOCC1)c1csc(Nc2ccccc2Cl)n1. The van der Waals surface area contributed by atoms with Crippen LogP contribution in [0, 0.1) is 0 Å².